The number of nitrogens with one attached hydrogen (secondary N) is 4. The second-order valence-electron chi connectivity index (χ2n) is 6.40. The number of carbonyl (C=O) groups is 1. The van der Waals surface area contributed by atoms with Crippen LogP contribution >= 0.6 is 0 Å². The molecule has 2 heterocycles. The molecule has 0 unspecified atom stereocenters. The van der Waals surface area contributed by atoms with E-state index in [0.29, 0.717) is 22.5 Å². The smallest absolute Gasteiger partial charge is 0.323 e. The molecule has 9 nitrogen and oxygen atoms in total. The largest absolute Gasteiger partial charge is 0.369 e. The number of imidazole rings is 2. The van der Waals surface area contributed by atoms with E-state index in [1.165, 1.54) is 24.5 Å². The first kappa shape index (κ1) is 18.9. The van der Waals surface area contributed by atoms with E-state index >= 15 is 0 Å². The summed E-state index contributed by atoms with van der Waals surface area (Å²) in [6.07, 6.45) is 2.90. The molecule has 0 spiro atoms. The topological polar surface area (TPSA) is 151 Å². The highest BCUT2D eigenvalue weighted by Crippen LogP contribution is 2.25. The first-order valence-electron chi connectivity index (χ1n) is 8.66. The molecule has 4 rings (SSSR count). The van der Waals surface area contributed by atoms with Crippen molar-refractivity contribution in [2.24, 2.45) is 0 Å². The van der Waals surface area contributed by atoms with E-state index in [-0.39, 0.29) is 23.3 Å². The van der Waals surface area contributed by atoms with Gasteiger partial charge in [-0.2, -0.15) is 0 Å². The van der Waals surface area contributed by atoms with Gasteiger partial charge < -0.3 is 32.1 Å². The maximum absolute atomic E-state index is 14.0. The van der Waals surface area contributed by atoms with Crippen LogP contribution in [0.15, 0.2) is 48.8 Å². The van der Waals surface area contributed by atoms with Crippen LogP contribution in [0.25, 0.3) is 22.5 Å². The molecule has 11 heteroatoms. The summed E-state index contributed by atoms with van der Waals surface area (Å²) in [5.41, 5.74) is 13.3. The second kappa shape index (κ2) is 7.54. The lowest BCUT2D eigenvalue weighted by molar-refractivity contribution is 0.262. The normalized spacial score (nSPS) is 10.7. The van der Waals surface area contributed by atoms with Crippen molar-refractivity contribution >= 4 is 29.3 Å². The lowest BCUT2D eigenvalue weighted by Crippen LogP contribution is -2.19. The fourth-order valence-corrected chi connectivity index (χ4v) is 2.89. The number of halogens is 2. The van der Waals surface area contributed by atoms with Crippen LogP contribution in [0.3, 0.4) is 0 Å². The van der Waals surface area contributed by atoms with Crippen LogP contribution in [-0.2, 0) is 0 Å². The van der Waals surface area contributed by atoms with Gasteiger partial charge in [0.25, 0.3) is 0 Å². The lowest BCUT2D eigenvalue weighted by Gasteiger charge is -2.10. The molecule has 2 aromatic heterocycles. The fourth-order valence-electron chi connectivity index (χ4n) is 2.89. The number of nitrogens with zero attached hydrogens (tertiary/aromatic N) is 2. The van der Waals surface area contributed by atoms with Crippen LogP contribution in [0, 0.1) is 11.6 Å². The van der Waals surface area contributed by atoms with Crippen LogP contribution in [0.4, 0.5) is 36.8 Å². The Kier molecular flexibility index (Phi) is 4.76. The van der Waals surface area contributed by atoms with Crippen molar-refractivity contribution < 1.29 is 13.6 Å². The van der Waals surface area contributed by atoms with Gasteiger partial charge >= 0.3 is 6.03 Å². The third-order valence-electron chi connectivity index (χ3n) is 4.12. The van der Waals surface area contributed by atoms with Gasteiger partial charge in [-0.3, -0.25) is 0 Å². The van der Waals surface area contributed by atoms with E-state index in [1.807, 2.05) is 0 Å². The number of urea groups is 1. The highest BCUT2D eigenvalue weighted by atomic mass is 19.1. The quantitative estimate of drug-likeness (QED) is 0.304. The van der Waals surface area contributed by atoms with Crippen molar-refractivity contribution in [1.82, 2.24) is 19.9 Å². The van der Waals surface area contributed by atoms with Gasteiger partial charge in [0.2, 0.25) is 0 Å². The number of aromatic amines is 2. The zero-order chi connectivity index (χ0) is 21.3. The van der Waals surface area contributed by atoms with Crippen molar-refractivity contribution in [3.05, 3.63) is 60.4 Å². The van der Waals surface area contributed by atoms with E-state index in [1.54, 1.807) is 12.1 Å². The number of carbonyl (C=O) groups excluding carboxylic acids is 1. The van der Waals surface area contributed by atoms with E-state index < -0.39 is 17.7 Å². The highest BCUT2D eigenvalue weighted by molar-refractivity contribution is 6.00. The van der Waals surface area contributed by atoms with Gasteiger partial charge in [-0.05, 0) is 36.4 Å². The predicted octanol–water partition coefficient (Wildman–Crippen LogP) is 3.55. The first-order valence-corrected chi connectivity index (χ1v) is 8.66. The summed E-state index contributed by atoms with van der Waals surface area (Å²) < 4.78 is 28.0. The van der Waals surface area contributed by atoms with Crippen LogP contribution in [0.2, 0.25) is 0 Å². The molecule has 0 aliphatic carbocycles. The van der Waals surface area contributed by atoms with Gasteiger partial charge in [0.15, 0.2) is 11.9 Å². The van der Waals surface area contributed by atoms with Gasteiger partial charge in [-0.25, -0.2) is 23.5 Å². The van der Waals surface area contributed by atoms with Gasteiger partial charge in [0.1, 0.15) is 11.6 Å². The molecular formula is C19H16F2N8O. The summed E-state index contributed by atoms with van der Waals surface area (Å²) in [5.74, 6) is -0.772. The van der Waals surface area contributed by atoms with Crippen LogP contribution in [0.5, 0.6) is 0 Å². The monoisotopic (exact) mass is 410 g/mol. The zero-order valence-electron chi connectivity index (χ0n) is 15.3. The first-order chi connectivity index (χ1) is 14.4. The summed E-state index contributed by atoms with van der Waals surface area (Å²) in [7, 11) is 0. The number of amides is 2. The molecule has 0 aliphatic rings. The van der Waals surface area contributed by atoms with Crippen molar-refractivity contribution in [2.75, 3.05) is 22.1 Å². The fraction of sp³-hybridized carbons (Fsp3) is 0. The van der Waals surface area contributed by atoms with E-state index in [0.717, 1.165) is 12.1 Å². The summed E-state index contributed by atoms with van der Waals surface area (Å²) in [5, 5.41) is 5.03. The maximum atomic E-state index is 14.0. The molecule has 0 atom stereocenters. The molecule has 2 aromatic carbocycles. The maximum Gasteiger partial charge on any atom is 0.323 e. The SMILES string of the molecule is Nc1ncc(-c2cc(F)cc(NC(=O)Nc3cc(F)cc(-c4cnc(N)[nH]4)c3)c2)[nH]1. The Morgan fingerprint density at radius 1 is 0.767 bits per heavy atom. The van der Waals surface area contributed by atoms with Crippen molar-refractivity contribution in [3.8, 4) is 22.5 Å². The average molecular weight is 410 g/mol. The van der Waals surface area contributed by atoms with Crippen LogP contribution in [-0.4, -0.2) is 26.0 Å². The van der Waals surface area contributed by atoms with Gasteiger partial charge in [0.05, 0.1) is 23.8 Å². The second-order valence-corrected chi connectivity index (χ2v) is 6.40. The number of nitrogens with two attached hydrogens (primary N) is 2. The minimum absolute atomic E-state index is 0.183. The Morgan fingerprint density at radius 2 is 1.20 bits per heavy atom. The number of anilines is 4. The molecule has 0 saturated heterocycles. The number of H-pyrrole nitrogens is 2. The van der Waals surface area contributed by atoms with E-state index in [2.05, 4.69) is 30.6 Å². The van der Waals surface area contributed by atoms with Gasteiger partial charge in [0, 0.05) is 22.5 Å². The molecule has 0 aliphatic heterocycles. The Bertz CT molecular complexity index is 1140. The van der Waals surface area contributed by atoms with E-state index in [4.69, 9.17) is 11.5 Å². The Hall–Kier alpha value is -4.41. The number of hydrogen-bond donors (Lipinski definition) is 6. The zero-order valence-corrected chi connectivity index (χ0v) is 15.3. The molecule has 0 bridgehead atoms. The molecule has 0 radical (unpaired) electrons. The molecule has 152 valence electrons. The summed E-state index contributed by atoms with van der Waals surface area (Å²) in [6, 6.07) is 7.23. The van der Waals surface area contributed by atoms with E-state index in [9.17, 15) is 13.6 Å². The molecule has 0 saturated carbocycles. The molecule has 30 heavy (non-hydrogen) atoms. The molecular weight excluding hydrogens is 394 g/mol. The van der Waals surface area contributed by atoms with Gasteiger partial charge in [-0.1, -0.05) is 0 Å². The highest BCUT2D eigenvalue weighted by Gasteiger charge is 2.11. The number of aromatic nitrogens is 4. The average Bonchev–Trinajstić information content (AvgIpc) is 3.29. The number of rotatable bonds is 4. The lowest BCUT2D eigenvalue weighted by atomic mass is 10.1. The van der Waals surface area contributed by atoms with Crippen molar-refractivity contribution in [1.29, 1.82) is 0 Å². The third kappa shape index (κ3) is 4.19. The minimum atomic E-state index is -0.684. The minimum Gasteiger partial charge on any atom is -0.369 e. The number of benzene rings is 2. The number of nitrogen functional groups attached to an aromatic ring is 2. The van der Waals surface area contributed by atoms with Gasteiger partial charge in [-0.15, -0.1) is 0 Å². The summed E-state index contributed by atoms with van der Waals surface area (Å²) in [4.78, 5) is 25.6. The molecule has 4 aromatic rings. The van der Waals surface area contributed by atoms with Crippen molar-refractivity contribution in [3.63, 3.8) is 0 Å². The standard InChI is InChI=1S/C19H16F2N8O/c20-11-1-9(15-7-24-17(22)28-15)3-13(5-11)26-19(30)27-14-4-10(2-12(21)6-14)16-8-25-18(23)29-16/h1-8H,(H3,22,24,28)(H3,23,25,29)(H2,26,27,30). The predicted molar refractivity (Wildman–Crippen MR) is 109 cm³/mol. The summed E-state index contributed by atoms with van der Waals surface area (Å²) in [6.45, 7) is 0. The van der Waals surface area contributed by atoms with Crippen LogP contribution in [0.1, 0.15) is 0 Å². The molecule has 8 N–H and O–H groups in total. The summed E-state index contributed by atoms with van der Waals surface area (Å²) >= 11 is 0. The molecule has 2 amide bonds. The Labute approximate surface area is 168 Å². The van der Waals surface area contributed by atoms with Crippen molar-refractivity contribution in [2.45, 2.75) is 0 Å². The number of hydrogen-bond acceptors (Lipinski definition) is 5. The Morgan fingerprint density at radius 3 is 1.57 bits per heavy atom. The Balaban J connectivity index is 1.53. The molecule has 0 fully saturated rings. The third-order valence-corrected chi connectivity index (χ3v) is 4.12. The van der Waals surface area contributed by atoms with Crippen LogP contribution < -0.4 is 22.1 Å².